The molecule has 1 aliphatic heterocycles. The molecule has 2 aromatic rings. The van der Waals surface area contributed by atoms with Crippen molar-refractivity contribution in [2.24, 2.45) is 0 Å². The third kappa shape index (κ3) is 3.60. The molecule has 3 rings (SSSR count). The van der Waals surface area contributed by atoms with Crippen molar-refractivity contribution in [1.82, 2.24) is 10.2 Å². The van der Waals surface area contributed by atoms with Crippen LogP contribution >= 0.6 is 22.9 Å². The lowest BCUT2D eigenvalue weighted by Crippen LogP contribution is -2.42. The van der Waals surface area contributed by atoms with Crippen molar-refractivity contribution in [3.63, 3.8) is 0 Å². The van der Waals surface area contributed by atoms with Gasteiger partial charge in [-0.25, -0.2) is 0 Å². The molecule has 1 aliphatic rings. The minimum absolute atomic E-state index is 0.0444. The largest absolute Gasteiger partial charge is 0.348 e. The van der Waals surface area contributed by atoms with Gasteiger partial charge in [0.25, 0.3) is 0 Å². The van der Waals surface area contributed by atoms with Gasteiger partial charge in [-0.2, -0.15) is 0 Å². The molecule has 1 N–H and O–H groups in total. The average Bonchev–Trinajstić information content (AvgIpc) is 3.00. The number of halogens is 1. The Morgan fingerprint density at radius 1 is 1.43 bits per heavy atom. The summed E-state index contributed by atoms with van der Waals surface area (Å²) in [5, 5.41) is 5.89. The molecule has 0 spiro atoms. The van der Waals surface area contributed by atoms with Crippen LogP contribution in [0.4, 0.5) is 0 Å². The molecule has 0 radical (unpaired) electrons. The SMILES string of the molecule is C[C@@H]1c2ccsc2CCN1CC(=O)N[C@H](C)c1ccccc1Cl. The summed E-state index contributed by atoms with van der Waals surface area (Å²) in [6, 6.07) is 10.0. The molecule has 0 saturated carbocycles. The zero-order valence-corrected chi connectivity index (χ0v) is 15.0. The standard InChI is InChI=1S/C18H21ClN2OS/c1-12(14-5-3-4-6-16(14)19)20-18(22)11-21-9-7-17-15(13(21)2)8-10-23-17/h3-6,8,10,12-13H,7,9,11H2,1-2H3,(H,20,22)/t12-,13-/m1/s1. The number of fused-ring (bicyclic) bond motifs is 1. The summed E-state index contributed by atoms with van der Waals surface area (Å²) >= 11 is 8.02. The summed E-state index contributed by atoms with van der Waals surface area (Å²) in [6.07, 6.45) is 1.03. The van der Waals surface area contributed by atoms with E-state index >= 15 is 0 Å². The fourth-order valence-electron chi connectivity index (χ4n) is 3.15. The highest BCUT2D eigenvalue weighted by Crippen LogP contribution is 2.32. The second-order valence-electron chi connectivity index (χ2n) is 6.01. The predicted molar refractivity (Wildman–Crippen MR) is 96.0 cm³/mol. The van der Waals surface area contributed by atoms with Crippen molar-refractivity contribution >= 4 is 28.8 Å². The van der Waals surface area contributed by atoms with E-state index in [0.717, 1.165) is 18.5 Å². The number of hydrogen-bond acceptors (Lipinski definition) is 3. The van der Waals surface area contributed by atoms with E-state index < -0.39 is 0 Å². The van der Waals surface area contributed by atoms with E-state index in [0.29, 0.717) is 17.6 Å². The lowest BCUT2D eigenvalue weighted by molar-refractivity contribution is -0.123. The summed E-state index contributed by atoms with van der Waals surface area (Å²) in [6.45, 7) is 5.50. The van der Waals surface area contributed by atoms with Gasteiger partial charge in [0.05, 0.1) is 12.6 Å². The van der Waals surface area contributed by atoms with Crippen LogP contribution in [0.3, 0.4) is 0 Å². The van der Waals surface area contributed by atoms with Crippen molar-refractivity contribution in [3.05, 3.63) is 56.7 Å². The Balaban J connectivity index is 1.61. The van der Waals surface area contributed by atoms with Crippen molar-refractivity contribution in [2.45, 2.75) is 32.4 Å². The maximum Gasteiger partial charge on any atom is 0.234 e. The lowest BCUT2D eigenvalue weighted by Gasteiger charge is -2.33. The first-order valence-corrected chi connectivity index (χ1v) is 9.16. The van der Waals surface area contributed by atoms with Crippen LogP contribution < -0.4 is 5.32 Å². The maximum atomic E-state index is 12.4. The van der Waals surface area contributed by atoms with E-state index in [1.165, 1.54) is 10.4 Å². The van der Waals surface area contributed by atoms with Crippen LogP contribution in [0, 0.1) is 0 Å². The van der Waals surface area contributed by atoms with E-state index in [4.69, 9.17) is 11.6 Å². The second kappa shape index (κ2) is 7.04. The van der Waals surface area contributed by atoms with E-state index in [2.05, 4.69) is 28.6 Å². The molecular formula is C18H21ClN2OS. The number of nitrogens with zero attached hydrogens (tertiary/aromatic N) is 1. The van der Waals surface area contributed by atoms with Crippen molar-refractivity contribution in [3.8, 4) is 0 Å². The molecule has 0 bridgehead atoms. The molecule has 23 heavy (non-hydrogen) atoms. The second-order valence-corrected chi connectivity index (χ2v) is 7.41. The number of nitrogens with one attached hydrogen (secondary N) is 1. The molecule has 0 fully saturated rings. The number of hydrogen-bond donors (Lipinski definition) is 1. The predicted octanol–water partition coefficient (Wildman–Crippen LogP) is 4.20. The molecule has 122 valence electrons. The highest BCUT2D eigenvalue weighted by Gasteiger charge is 2.26. The van der Waals surface area contributed by atoms with Crippen molar-refractivity contribution in [1.29, 1.82) is 0 Å². The zero-order chi connectivity index (χ0) is 16.4. The Morgan fingerprint density at radius 2 is 2.22 bits per heavy atom. The van der Waals surface area contributed by atoms with Gasteiger partial charge in [-0.3, -0.25) is 9.69 Å². The summed E-state index contributed by atoms with van der Waals surface area (Å²) in [5.41, 5.74) is 2.32. The molecule has 0 saturated heterocycles. The lowest BCUT2D eigenvalue weighted by atomic mass is 10.0. The summed E-state index contributed by atoms with van der Waals surface area (Å²) in [5.74, 6) is 0.0444. The number of amides is 1. The van der Waals surface area contributed by atoms with Gasteiger partial charge >= 0.3 is 0 Å². The van der Waals surface area contributed by atoms with Crippen LogP contribution in [0.15, 0.2) is 35.7 Å². The smallest absolute Gasteiger partial charge is 0.234 e. The van der Waals surface area contributed by atoms with Gasteiger partial charge in [0, 0.05) is 22.5 Å². The first-order chi connectivity index (χ1) is 11.1. The monoisotopic (exact) mass is 348 g/mol. The fourth-order valence-corrected chi connectivity index (χ4v) is 4.42. The summed E-state index contributed by atoms with van der Waals surface area (Å²) in [7, 11) is 0. The fraction of sp³-hybridized carbons (Fsp3) is 0.389. The highest BCUT2D eigenvalue weighted by atomic mass is 35.5. The normalized spacial score (nSPS) is 19.2. The molecule has 1 aromatic heterocycles. The number of benzene rings is 1. The first kappa shape index (κ1) is 16.5. The Hall–Kier alpha value is -1.36. The number of carbonyl (C=O) groups excluding carboxylic acids is 1. The van der Waals surface area contributed by atoms with Gasteiger partial charge in [-0.15, -0.1) is 11.3 Å². The minimum atomic E-state index is -0.0898. The Morgan fingerprint density at radius 3 is 3.00 bits per heavy atom. The van der Waals surface area contributed by atoms with Gasteiger partial charge in [0.2, 0.25) is 5.91 Å². The summed E-state index contributed by atoms with van der Waals surface area (Å²) < 4.78 is 0. The van der Waals surface area contributed by atoms with Gasteiger partial charge < -0.3 is 5.32 Å². The Bertz CT molecular complexity index is 700. The van der Waals surface area contributed by atoms with E-state index in [1.54, 1.807) is 0 Å². The third-order valence-electron chi connectivity index (χ3n) is 4.50. The highest BCUT2D eigenvalue weighted by molar-refractivity contribution is 7.10. The average molecular weight is 349 g/mol. The van der Waals surface area contributed by atoms with Crippen molar-refractivity contribution in [2.75, 3.05) is 13.1 Å². The van der Waals surface area contributed by atoms with Crippen LogP contribution in [-0.2, 0) is 11.2 Å². The number of carbonyl (C=O) groups is 1. The molecule has 3 nitrogen and oxygen atoms in total. The first-order valence-electron chi connectivity index (χ1n) is 7.90. The van der Waals surface area contributed by atoms with Crippen molar-refractivity contribution < 1.29 is 4.79 Å². The van der Waals surface area contributed by atoms with E-state index in [9.17, 15) is 4.79 Å². The van der Waals surface area contributed by atoms with Gasteiger partial charge in [0.15, 0.2) is 0 Å². The van der Waals surface area contributed by atoms with Crippen LogP contribution in [0.2, 0.25) is 5.02 Å². The molecule has 1 amide bonds. The van der Waals surface area contributed by atoms with E-state index in [1.807, 2.05) is 42.5 Å². The zero-order valence-electron chi connectivity index (χ0n) is 13.4. The van der Waals surface area contributed by atoms with Gasteiger partial charge in [0.1, 0.15) is 0 Å². The Kier molecular flexibility index (Phi) is 5.05. The topological polar surface area (TPSA) is 32.3 Å². The van der Waals surface area contributed by atoms with Crippen LogP contribution in [0.5, 0.6) is 0 Å². The molecular weight excluding hydrogens is 328 g/mol. The number of rotatable bonds is 4. The molecule has 2 heterocycles. The van der Waals surface area contributed by atoms with Crippen LogP contribution in [0.25, 0.3) is 0 Å². The quantitative estimate of drug-likeness (QED) is 0.898. The van der Waals surface area contributed by atoms with Gasteiger partial charge in [-0.05, 0) is 48.9 Å². The summed E-state index contributed by atoms with van der Waals surface area (Å²) in [4.78, 5) is 16.1. The van der Waals surface area contributed by atoms with E-state index in [-0.39, 0.29) is 11.9 Å². The van der Waals surface area contributed by atoms with Crippen LogP contribution in [-0.4, -0.2) is 23.9 Å². The maximum absolute atomic E-state index is 12.4. The molecule has 2 atom stereocenters. The minimum Gasteiger partial charge on any atom is -0.348 e. The number of thiophene rings is 1. The molecule has 1 aromatic carbocycles. The molecule has 5 heteroatoms. The van der Waals surface area contributed by atoms with Gasteiger partial charge in [-0.1, -0.05) is 29.8 Å². The molecule has 0 unspecified atom stereocenters. The Labute approximate surface area is 146 Å². The van der Waals surface area contributed by atoms with Crippen LogP contribution in [0.1, 0.15) is 41.9 Å². The third-order valence-corrected chi connectivity index (χ3v) is 5.84. The molecule has 0 aliphatic carbocycles.